The Morgan fingerprint density at radius 1 is 1.29 bits per heavy atom. The second-order valence-electron chi connectivity index (χ2n) is 4.43. The summed E-state index contributed by atoms with van der Waals surface area (Å²) in [6.45, 7) is 2.80. The Morgan fingerprint density at radius 2 is 2.18 bits per heavy atom. The Hall–Kier alpha value is -2.03. The fourth-order valence-electron chi connectivity index (χ4n) is 2.37. The zero-order valence-corrected chi connectivity index (χ0v) is 9.71. The van der Waals surface area contributed by atoms with Crippen molar-refractivity contribution in [2.75, 3.05) is 6.54 Å². The molecule has 2 N–H and O–H groups in total. The van der Waals surface area contributed by atoms with Crippen molar-refractivity contribution in [2.24, 2.45) is 0 Å². The number of hydrogen-bond acceptors (Lipinski definition) is 1. The first kappa shape index (κ1) is 10.1. The smallest absolute Gasteiger partial charge is 0.253 e. The molecule has 2 heterocycles. The summed E-state index contributed by atoms with van der Waals surface area (Å²) in [5, 5.41) is 2.86. The van der Waals surface area contributed by atoms with Crippen LogP contribution in [0, 0.1) is 6.92 Å². The summed E-state index contributed by atoms with van der Waals surface area (Å²) in [6.07, 6.45) is 2.70. The van der Waals surface area contributed by atoms with E-state index in [0.29, 0.717) is 0 Å². The lowest BCUT2D eigenvalue weighted by molar-refractivity contribution is 0.0946. The third kappa shape index (κ3) is 1.64. The van der Waals surface area contributed by atoms with Crippen LogP contribution in [0.25, 0.3) is 11.3 Å². The van der Waals surface area contributed by atoms with Gasteiger partial charge < -0.3 is 10.3 Å². The minimum Gasteiger partial charge on any atom is -0.360 e. The van der Waals surface area contributed by atoms with Crippen molar-refractivity contribution in [3.63, 3.8) is 0 Å². The van der Waals surface area contributed by atoms with Crippen LogP contribution < -0.4 is 5.32 Å². The molecule has 1 aliphatic heterocycles. The van der Waals surface area contributed by atoms with Crippen molar-refractivity contribution in [3.8, 4) is 11.3 Å². The molecule has 1 aromatic carbocycles. The molecule has 0 saturated heterocycles. The number of aryl methyl sites for hydroxylation is 1. The van der Waals surface area contributed by atoms with Gasteiger partial charge in [-0.15, -0.1) is 0 Å². The molecular weight excluding hydrogens is 212 g/mol. The number of benzene rings is 1. The zero-order valence-electron chi connectivity index (χ0n) is 9.71. The van der Waals surface area contributed by atoms with E-state index in [1.165, 1.54) is 5.56 Å². The molecule has 0 bridgehead atoms. The summed E-state index contributed by atoms with van der Waals surface area (Å²) >= 11 is 0. The average molecular weight is 226 g/mol. The van der Waals surface area contributed by atoms with Crippen molar-refractivity contribution in [3.05, 3.63) is 47.2 Å². The molecule has 0 spiro atoms. The Labute approximate surface area is 99.9 Å². The number of fused-ring (bicyclic) bond motifs is 1. The molecule has 3 heteroatoms. The highest BCUT2D eigenvalue weighted by Crippen LogP contribution is 2.27. The SMILES string of the molecule is Cc1cccc(-c2[nH]cc3c2CCNC3=O)c1. The summed E-state index contributed by atoms with van der Waals surface area (Å²) < 4.78 is 0. The van der Waals surface area contributed by atoms with Gasteiger partial charge in [0.15, 0.2) is 0 Å². The van der Waals surface area contributed by atoms with E-state index in [-0.39, 0.29) is 5.91 Å². The number of H-pyrrole nitrogens is 1. The van der Waals surface area contributed by atoms with Gasteiger partial charge in [0.05, 0.1) is 5.56 Å². The maximum atomic E-state index is 11.7. The number of nitrogens with one attached hydrogen (secondary N) is 2. The molecule has 2 aromatic rings. The average Bonchev–Trinajstić information content (AvgIpc) is 2.74. The minimum atomic E-state index is 0.0291. The van der Waals surface area contributed by atoms with Gasteiger partial charge in [0, 0.05) is 18.4 Å². The lowest BCUT2D eigenvalue weighted by atomic mass is 9.98. The third-order valence-electron chi connectivity index (χ3n) is 3.20. The molecule has 0 fully saturated rings. The third-order valence-corrected chi connectivity index (χ3v) is 3.20. The highest BCUT2D eigenvalue weighted by molar-refractivity contribution is 5.98. The van der Waals surface area contributed by atoms with E-state index in [1.807, 2.05) is 12.3 Å². The molecule has 3 rings (SSSR count). The molecule has 0 radical (unpaired) electrons. The Kier molecular flexibility index (Phi) is 2.25. The van der Waals surface area contributed by atoms with Gasteiger partial charge in [0.1, 0.15) is 0 Å². The number of carbonyl (C=O) groups is 1. The normalized spacial score (nSPS) is 14.3. The monoisotopic (exact) mass is 226 g/mol. The molecule has 1 amide bonds. The number of hydrogen-bond donors (Lipinski definition) is 2. The van der Waals surface area contributed by atoms with Crippen molar-refractivity contribution in [1.29, 1.82) is 0 Å². The summed E-state index contributed by atoms with van der Waals surface area (Å²) in [6, 6.07) is 8.33. The van der Waals surface area contributed by atoms with Crippen LogP contribution in [0.4, 0.5) is 0 Å². The molecule has 3 nitrogen and oxygen atoms in total. The second kappa shape index (κ2) is 3.77. The quantitative estimate of drug-likeness (QED) is 0.769. The lowest BCUT2D eigenvalue weighted by Crippen LogP contribution is -2.30. The molecule has 1 aromatic heterocycles. The fraction of sp³-hybridized carbons (Fsp3) is 0.214. The van der Waals surface area contributed by atoms with Crippen LogP contribution >= 0.6 is 0 Å². The number of carbonyl (C=O) groups excluding carboxylic acids is 1. The highest BCUT2D eigenvalue weighted by atomic mass is 16.1. The van der Waals surface area contributed by atoms with Crippen molar-refractivity contribution < 1.29 is 4.79 Å². The first-order chi connectivity index (χ1) is 8.25. The van der Waals surface area contributed by atoms with Crippen molar-refractivity contribution >= 4 is 5.91 Å². The number of rotatable bonds is 1. The topological polar surface area (TPSA) is 44.9 Å². The van der Waals surface area contributed by atoms with Crippen LogP contribution in [0.1, 0.15) is 21.5 Å². The predicted octanol–water partition coefficient (Wildman–Crippen LogP) is 2.28. The Morgan fingerprint density at radius 3 is 3.00 bits per heavy atom. The van der Waals surface area contributed by atoms with Gasteiger partial charge in [-0.1, -0.05) is 23.8 Å². The molecule has 0 saturated carbocycles. The Balaban J connectivity index is 2.13. The van der Waals surface area contributed by atoms with Crippen molar-refractivity contribution in [1.82, 2.24) is 10.3 Å². The lowest BCUT2D eigenvalue weighted by Gasteiger charge is -2.14. The van der Waals surface area contributed by atoms with E-state index in [1.54, 1.807) is 0 Å². The maximum Gasteiger partial charge on any atom is 0.253 e. The van der Waals surface area contributed by atoms with Gasteiger partial charge in [-0.05, 0) is 30.5 Å². The van der Waals surface area contributed by atoms with Crippen LogP contribution in [0.3, 0.4) is 0 Å². The van der Waals surface area contributed by atoms with Crippen LogP contribution in [0.5, 0.6) is 0 Å². The van der Waals surface area contributed by atoms with E-state index in [4.69, 9.17) is 0 Å². The van der Waals surface area contributed by atoms with E-state index in [9.17, 15) is 4.79 Å². The summed E-state index contributed by atoms with van der Waals surface area (Å²) in [4.78, 5) is 14.9. The summed E-state index contributed by atoms with van der Waals surface area (Å²) in [7, 11) is 0. The number of amides is 1. The van der Waals surface area contributed by atoms with E-state index in [0.717, 1.165) is 35.3 Å². The van der Waals surface area contributed by atoms with Gasteiger partial charge in [-0.25, -0.2) is 0 Å². The zero-order chi connectivity index (χ0) is 11.8. The molecule has 0 atom stereocenters. The van der Waals surface area contributed by atoms with Crippen LogP contribution in [-0.2, 0) is 6.42 Å². The molecular formula is C14H14N2O. The van der Waals surface area contributed by atoms with E-state index in [2.05, 4.69) is 35.4 Å². The molecule has 1 aliphatic rings. The largest absolute Gasteiger partial charge is 0.360 e. The van der Waals surface area contributed by atoms with Crippen LogP contribution in [0.15, 0.2) is 30.5 Å². The van der Waals surface area contributed by atoms with Gasteiger partial charge in [0.2, 0.25) is 0 Å². The van der Waals surface area contributed by atoms with Gasteiger partial charge in [0.25, 0.3) is 5.91 Å². The van der Waals surface area contributed by atoms with Crippen molar-refractivity contribution in [2.45, 2.75) is 13.3 Å². The highest BCUT2D eigenvalue weighted by Gasteiger charge is 2.21. The molecule has 86 valence electrons. The number of aromatic nitrogens is 1. The first-order valence-electron chi connectivity index (χ1n) is 5.81. The molecule has 0 aliphatic carbocycles. The number of aromatic amines is 1. The minimum absolute atomic E-state index is 0.0291. The molecule has 0 unspecified atom stereocenters. The first-order valence-corrected chi connectivity index (χ1v) is 5.81. The van der Waals surface area contributed by atoms with Crippen LogP contribution in [0.2, 0.25) is 0 Å². The van der Waals surface area contributed by atoms with E-state index >= 15 is 0 Å². The van der Waals surface area contributed by atoms with E-state index < -0.39 is 0 Å². The standard InChI is InChI=1S/C14H14N2O/c1-9-3-2-4-10(7-9)13-11-5-6-15-14(17)12(11)8-16-13/h2-4,7-8,16H,5-6H2,1H3,(H,15,17). The van der Waals surface area contributed by atoms with Crippen LogP contribution in [-0.4, -0.2) is 17.4 Å². The van der Waals surface area contributed by atoms with Gasteiger partial charge in [-0.3, -0.25) is 4.79 Å². The van der Waals surface area contributed by atoms with Gasteiger partial charge in [-0.2, -0.15) is 0 Å². The summed E-state index contributed by atoms with van der Waals surface area (Å²) in [5.41, 5.74) is 5.39. The molecule has 17 heavy (non-hydrogen) atoms. The van der Waals surface area contributed by atoms with Gasteiger partial charge >= 0.3 is 0 Å². The fourth-order valence-corrected chi connectivity index (χ4v) is 2.37. The predicted molar refractivity (Wildman–Crippen MR) is 67.0 cm³/mol. The maximum absolute atomic E-state index is 11.7. The Bertz CT molecular complexity index is 584. The second-order valence-corrected chi connectivity index (χ2v) is 4.43. The summed E-state index contributed by atoms with van der Waals surface area (Å²) in [5.74, 6) is 0.0291.